The molecular weight excluding hydrogens is 544 g/mol. The Morgan fingerprint density at radius 2 is 1.83 bits per heavy atom. The first-order valence-electron chi connectivity index (χ1n) is 14.4. The minimum Gasteiger partial charge on any atom is -0.453 e. The summed E-state index contributed by atoms with van der Waals surface area (Å²) in [5.74, 6) is 5.16. The van der Waals surface area contributed by atoms with E-state index >= 15 is 0 Å². The highest BCUT2D eigenvalue weighted by atomic mass is 32.1. The molecule has 3 heterocycles. The molecule has 2 aromatic rings. The fraction of sp³-hybridized carbons (Fsp3) is 0.613. The Balaban J connectivity index is 1.78. The molecular formula is C31H40N2O7S. The van der Waals surface area contributed by atoms with Crippen LogP contribution in [-0.2, 0) is 20.9 Å². The van der Waals surface area contributed by atoms with Gasteiger partial charge in [-0.2, -0.15) is 0 Å². The van der Waals surface area contributed by atoms with Crippen molar-refractivity contribution in [3.05, 3.63) is 38.0 Å². The molecule has 0 spiro atoms. The molecule has 4 rings (SSSR count). The minimum absolute atomic E-state index is 0.110. The number of amides is 2. The molecule has 1 saturated heterocycles. The van der Waals surface area contributed by atoms with Crippen molar-refractivity contribution in [2.24, 2.45) is 17.3 Å². The van der Waals surface area contributed by atoms with Crippen LogP contribution in [0.25, 0.3) is 0 Å². The second-order valence-electron chi connectivity index (χ2n) is 12.3. The lowest BCUT2D eigenvalue weighted by Crippen LogP contribution is -2.52. The lowest BCUT2D eigenvalue weighted by molar-refractivity contribution is -0.134. The summed E-state index contributed by atoms with van der Waals surface area (Å²) in [6.07, 6.45) is 5.51. The smallest absolute Gasteiger partial charge is 0.453 e. The lowest BCUT2D eigenvalue weighted by atomic mass is 9.82. The van der Waals surface area contributed by atoms with Crippen molar-refractivity contribution in [2.75, 3.05) is 18.5 Å². The number of likely N-dealkylation sites (N-methyl/N-ethyl adjacent to an activating group) is 1. The van der Waals surface area contributed by atoms with Crippen molar-refractivity contribution in [3.8, 4) is 11.8 Å². The zero-order chi connectivity index (χ0) is 29.9. The van der Waals surface area contributed by atoms with E-state index in [0.717, 1.165) is 49.9 Å². The van der Waals surface area contributed by atoms with Gasteiger partial charge < -0.3 is 18.5 Å². The van der Waals surface area contributed by atoms with Gasteiger partial charge in [0.05, 0.1) is 10.6 Å². The molecule has 2 amide bonds. The molecule has 1 atom stereocenters. The Morgan fingerprint density at radius 1 is 1.12 bits per heavy atom. The molecule has 0 N–H and O–H groups in total. The summed E-state index contributed by atoms with van der Waals surface area (Å²) >= 11 is 1.13. The summed E-state index contributed by atoms with van der Waals surface area (Å²) < 4.78 is 15.4. The maximum atomic E-state index is 14.3. The van der Waals surface area contributed by atoms with Crippen LogP contribution in [-0.4, -0.2) is 42.3 Å². The molecule has 0 unspecified atom stereocenters. The van der Waals surface area contributed by atoms with E-state index in [1.807, 2.05) is 20.8 Å². The SMILES string of the molecule is Cc1oc(=O)oc1COC(=O)c1sc(C#CC(C)(C)C)cc1N(C(=O)C1CCC(C)CC1)[C@H]1CCCCN(C)C1=O. The fourth-order valence-electron chi connectivity index (χ4n) is 5.28. The fourth-order valence-corrected chi connectivity index (χ4v) is 6.18. The van der Waals surface area contributed by atoms with Gasteiger partial charge in [0, 0.05) is 24.9 Å². The quantitative estimate of drug-likeness (QED) is 0.324. The average molecular weight is 585 g/mol. The van der Waals surface area contributed by atoms with E-state index in [0.29, 0.717) is 29.4 Å². The predicted molar refractivity (Wildman–Crippen MR) is 156 cm³/mol. The molecule has 222 valence electrons. The molecule has 10 heteroatoms. The van der Waals surface area contributed by atoms with Crippen LogP contribution in [0, 0.1) is 36.0 Å². The molecule has 1 aliphatic heterocycles. The minimum atomic E-state index is -0.875. The number of esters is 1. The number of hydrogen-bond acceptors (Lipinski definition) is 8. The number of nitrogens with zero attached hydrogens (tertiary/aromatic N) is 2. The summed E-state index contributed by atoms with van der Waals surface area (Å²) in [5, 5.41) is 0. The Morgan fingerprint density at radius 3 is 2.46 bits per heavy atom. The molecule has 41 heavy (non-hydrogen) atoms. The maximum Gasteiger partial charge on any atom is 0.519 e. The summed E-state index contributed by atoms with van der Waals surface area (Å²) in [6, 6.07) is 1.01. The highest BCUT2D eigenvalue weighted by Crippen LogP contribution is 2.38. The largest absolute Gasteiger partial charge is 0.519 e. The molecule has 1 saturated carbocycles. The average Bonchev–Trinajstić information content (AvgIpc) is 3.43. The molecule has 9 nitrogen and oxygen atoms in total. The van der Waals surface area contributed by atoms with E-state index < -0.39 is 17.8 Å². The first kappa shape index (κ1) is 30.6. The maximum absolute atomic E-state index is 14.3. The zero-order valence-corrected chi connectivity index (χ0v) is 25.7. The van der Waals surface area contributed by atoms with Crippen molar-refractivity contribution in [2.45, 2.75) is 92.2 Å². The topological polar surface area (TPSA) is 110 Å². The monoisotopic (exact) mass is 584 g/mol. The summed E-state index contributed by atoms with van der Waals surface area (Å²) in [4.78, 5) is 57.0. The van der Waals surface area contributed by atoms with Gasteiger partial charge >= 0.3 is 11.8 Å². The van der Waals surface area contributed by atoms with Crippen LogP contribution in [0.2, 0.25) is 0 Å². The highest BCUT2D eigenvalue weighted by Gasteiger charge is 2.40. The number of rotatable bonds is 6. The van der Waals surface area contributed by atoms with Crippen LogP contribution >= 0.6 is 11.3 Å². The van der Waals surface area contributed by atoms with Gasteiger partial charge in [-0.15, -0.1) is 11.3 Å². The van der Waals surface area contributed by atoms with Crippen LogP contribution in [0.3, 0.4) is 0 Å². The number of carbonyl (C=O) groups is 3. The van der Waals surface area contributed by atoms with E-state index in [2.05, 4.69) is 18.8 Å². The van der Waals surface area contributed by atoms with Gasteiger partial charge in [-0.1, -0.05) is 18.8 Å². The summed E-state index contributed by atoms with van der Waals surface area (Å²) in [7, 11) is 1.76. The number of ether oxygens (including phenoxy) is 1. The third-order valence-electron chi connectivity index (χ3n) is 7.68. The lowest BCUT2D eigenvalue weighted by Gasteiger charge is -2.36. The number of hydrogen-bond donors (Lipinski definition) is 0. The van der Waals surface area contributed by atoms with Crippen LogP contribution in [0.5, 0.6) is 0 Å². The van der Waals surface area contributed by atoms with E-state index in [4.69, 9.17) is 13.6 Å². The molecule has 2 aliphatic rings. The van der Waals surface area contributed by atoms with E-state index in [9.17, 15) is 19.2 Å². The number of anilines is 1. The molecule has 2 aromatic heterocycles. The van der Waals surface area contributed by atoms with Crippen LogP contribution in [0.15, 0.2) is 19.7 Å². The first-order chi connectivity index (χ1) is 19.3. The normalized spacial score (nSPS) is 21.6. The standard InChI is InChI=1S/C31H40N2O7S/c1-19-10-12-21(13-11-19)27(34)33(23-9-7-8-16-32(6)28(23)35)24-17-22(14-15-31(3,4)5)41-26(24)29(36)38-18-25-20(2)39-30(37)40-25/h17,19,21,23H,7-13,16,18H2,1-6H3/t19?,21?,23-/m0/s1. The van der Waals surface area contributed by atoms with Crippen molar-refractivity contribution in [3.63, 3.8) is 0 Å². The van der Waals surface area contributed by atoms with Gasteiger partial charge in [0.1, 0.15) is 10.9 Å². The summed E-state index contributed by atoms with van der Waals surface area (Å²) in [6.45, 7) is 10.0. The van der Waals surface area contributed by atoms with Gasteiger partial charge in [0.2, 0.25) is 11.8 Å². The van der Waals surface area contributed by atoms with Gasteiger partial charge in [-0.05, 0) is 84.6 Å². The molecule has 0 bridgehead atoms. The van der Waals surface area contributed by atoms with Crippen LogP contribution in [0.1, 0.15) is 98.7 Å². The van der Waals surface area contributed by atoms with Gasteiger partial charge in [-0.3, -0.25) is 14.5 Å². The Bertz CT molecular complexity index is 1390. The van der Waals surface area contributed by atoms with Gasteiger partial charge in [0.15, 0.2) is 18.1 Å². The molecule has 2 fully saturated rings. The Kier molecular flexibility index (Phi) is 9.48. The van der Waals surface area contributed by atoms with Crippen molar-refractivity contribution in [1.82, 2.24) is 4.90 Å². The second kappa shape index (κ2) is 12.7. The Labute approximate surface area is 245 Å². The van der Waals surface area contributed by atoms with E-state index in [1.54, 1.807) is 29.8 Å². The van der Waals surface area contributed by atoms with Crippen LogP contribution in [0.4, 0.5) is 5.69 Å². The van der Waals surface area contributed by atoms with Crippen molar-refractivity contribution >= 4 is 34.8 Å². The zero-order valence-electron chi connectivity index (χ0n) is 24.8. The van der Waals surface area contributed by atoms with Gasteiger partial charge in [0.25, 0.3) is 0 Å². The van der Waals surface area contributed by atoms with Crippen molar-refractivity contribution < 1.29 is 28.0 Å². The number of thiophene rings is 1. The van der Waals surface area contributed by atoms with Crippen LogP contribution < -0.4 is 10.7 Å². The molecule has 0 radical (unpaired) electrons. The Hall–Kier alpha value is -3.32. The van der Waals surface area contributed by atoms with E-state index in [1.165, 1.54) is 0 Å². The third-order valence-corrected chi connectivity index (χ3v) is 8.70. The number of likely N-dealkylation sites (tertiary alicyclic amines) is 1. The van der Waals surface area contributed by atoms with Crippen molar-refractivity contribution in [1.29, 1.82) is 0 Å². The number of aryl methyl sites for hydroxylation is 1. The van der Waals surface area contributed by atoms with E-state index in [-0.39, 0.29) is 46.2 Å². The first-order valence-corrected chi connectivity index (χ1v) is 15.2. The van der Waals surface area contributed by atoms with Gasteiger partial charge in [-0.25, -0.2) is 9.59 Å². The number of carbonyl (C=O) groups excluding carboxylic acids is 3. The highest BCUT2D eigenvalue weighted by molar-refractivity contribution is 7.15. The molecule has 0 aromatic carbocycles. The predicted octanol–water partition coefficient (Wildman–Crippen LogP) is 5.53. The second-order valence-corrected chi connectivity index (χ2v) is 13.3. The third kappa shape index (κ3) is 7.50. The molecule has 1 aliphatic carbocycles. The summed E-state index contributed by atoms with van der Waals surface area (Å²) in [5.41, 5.74) is 0.0657.